The molecule has 0 radical (unpaired) electrons. The summed E-state index contributed by atoms with van der Waals surface area (Å²) in [6.07, 6.45) is 4.46. The first-order valence-corrected chi connectivity index (χ1v) is 8.34. The summed E-state index contributed by atoms with van der Waals surface area (Å²) < 4.78 is 7.22. The van der Waals surface area contributed by atoms with Crippen LogP contribution < -0.4 is 5.43 Å². The summed E-state index contributed by atoms with van der Waals surface area (Å²) >= 11 is 0. The molecule has 0 fully saturated rings. The molecule has 0 spiro atoms. The highest BCUT2D eigenvalue weighted by Crippen LogP contribution is 2.26. The smallest absolute Gasteiger partial charge is 0.179 e. The molecule has 0 aliphatic heterocycles. The van der Waals surface area contributed by atoms with Crippen LogP contribution in [0.2, 0.25) is 0 Å². The molecule has 0 saturated carbocycles. The standard InChI is InChI=1S/C18H23N5O/c1-4-16-15(14-6-7-19-13(3)10-14)11-17-18(22-16)23(12-20-17)21-8-9-24-5-2/h6-7,10-12,21H,4-5,8-9H2,1-3H3. The second-order valence-corrected chi connectivity index (χ2v) is 5.58. The van der Waals surface area contributed by atoms with Gasteiger partial charge in [0.2, 0.25) is 0 Å². The van der Waals surface area contributed by atoms with Crippen LogP contribution in [0, 0.1) is 6.92 Å². The maximum absolute atomic E-state index is 5.35. The van der Waals surface area contributed by atoms with Gasteiger partial charge in [0, 0.05) is 24.1 Å². The first-order chi connectivity index (χ1) is 11.7. The SMILES string of the molecule is CCOCCNn1cnc2cc(-c3ccnc(C)c3)c(CC)nc21. The summed E-state index contributed by atoms with van der Waals surface area (Å²) in [6, 6.07) is 6.21. The van der Waals surface area contributed by atoms with Gasteiger partial charge in [-0.25, -0.2) is 14.6 Å². The Morgan fingerprint density at radius 3 is 2.83 bits per heavy atom. The zero-order valence-corrected chi connectivity index (χ0v) is 14.4. The zero-order chi connectivity index (χ0) is 16.9. The average Bonchev–Trinajstić information content (AvgIpc) is 2.99. The van der Waals surface area contributed by atoms with Gasteiger partial charge in [0.1, 0.15) is 11.8 Å². The molecule has 0 atom stereocenters. The summed E-state index contributed by atoms with van der Waals surface area (Å²) in [7, 11) is 0. The first-order valence-electron chi connectivity index (χ1n) is 8.34. The van der Waals surface area contributed by atoms with Crippen molar-refractivity contribution >= 4 is 11.2 Å². The number of hydrogen-bond acceptors (Lipinski definition) is 5. The third-order valence-corrected chi connectivity index (χ3v) is 3.88. The Hall–Kier alpha value is -2.47. The number of nitrogens with zero attached hydrogens (tertiary/aromatic N) is 4. The van der Waals surface area contributed by atoms with Crippen LogP contribution in [0.3, 0.4) is 0 Å². The van der Waals surface area contributed by atoms with Crippen molar-refractivity contribution in [2.24, 2.45) is 0 Å². The van der Waals surface area contributed by atoms with Gasteiger partial charge in [-0.05, 0) is 44.0 Å². The lowest BCUT2D eigenvalue weighted by atomic mass is 10.0. The van der Waals surface area contributed by atoms with Crippen molar-refractivity contribution in [3.8, 4) is 11.1 Å². The van der Waals surface area contributed by atoms with Gasteiger partial charge in [0.05, 0.1) is 18.8 Å². The van der Waals surface area contributed by atoms with E-state index < -0.39 is 0 Å². The minimum absolute atomic E-state index is 0.658. The number of rotatable bonds is 7. The topological polar surface area (TPSA) is 64.9 Å². The van der Waals surface area contributed by atoms with Gasteiger partial charge in [-0.3, -0.25) is 4.98 Å². The van der Waals surface area contributed by atoms with Gasteiger partial charge in [0.15, 0.2) is 5.65 Å². The third-order valence-electron chi connectivity index (χ3n) is 3.88. The van der Waals surface area contributed by atoms with E-state index in [1.165, 1.54) is 0 Å². The van der Waals surface area contributed by atoms with Gasteiger partial charge < -0.3 is 10.2 Å². The van der Waals surface area contributed by atoms with E-state index in [9.17, 15) is 0 Å². The number of aromatic nitrogens is 4. The Kier molecular flexibility index (Phi) is 5.05. The summed E-state index contributed by atoms with van der Waals surface area (Å²) in [4.78, 5) is 13.6. The molecule has 3 aromatic heterocycles. The largest absolute Gasteiger partial charge is 0.380 e. The molecule has 0 bridgehead atoms. The van der Waals surface area contributed by atoms with E-state index in [0.29, 0.717) is 13.2 Å². The molecule has 0 aromatic carbocycles. The van der Waals surface area contributed by atoms with Gasteiger partial charge in [-0.1, -0.05) is 6.92 Å². The number of pyridine rings is 2. The molecule has 3 aromatic rings. The Morgan fingerprint density at radius 1 is 1.21 bits per heavy atom. The number of nitrogens with one attached hydrogen (secondary N) is 1. The van der Waals surface area contributed by atoms with Gasteiger partial charge in [0.25, 0.3) is 0 Å². The molecule has 24 heavy (non-hydrogen) atoms. The van der Waals surface area contributed by atoms with Gasteiger partial charge >= 0.3 is 0 Å². The maximum Gasteiger partial charge on any atom is 0.179 e. The van der Waals surface area contributed by atoms with Crippen molar-refractivity contribution < 1.29 is 4.74 Å². The molecular formula is C18H23N5O. The zero-order valence-electron chi connectivity index (χ0n) is 14.4. The fraction of sp³-hybridized carbons (Fsp3) is 0.389. The summed E-state index contributed by atoms with van der Waals surface area (Å²) in [5.41, 5.74) is 9.31. The van der Waals surface area contributed by atoms with Crippen LogP contribution in [-0.2, 0) is 11.2 Å². The van der Waals surface area contributed by atoms with Crippen molar-refractivity contribution in [3.63, 3.8) is 0 Å². The number of aryl methyl sites for hydroxylation is 2. The van der Waals surface area contributed by atoms with E-state index in [1.54, 1.807) is 6.33 Å². The third kappa shape index (κ3) is 3.38. The molecular weight excluding hydrogens is 302 g/mol. The number of ether oxygens (including phenoxy) is 1. The van der Waals surface area contributed by atoms with Crippen LogP contribution >= 0.6 is 0 Å². The molecule has 0 unspecified atom stereocenters. The molecule has 0 aliphatic rings. The molecule has 6 heteroatoms. The molecule has 1 N–H and O–H groups in total. The quantitative estimate of drug-likeness (QED) is 0.677. The molecule has 126 valence electrons. The highest BCUT2D eigenvalue weighted by molar-refractivity contribution is 5.80. The molecule has 3 rings (SSSR count). The van der Waals surface area contributed by atoms with Crippen LogP contribution in [0.25, 0.3) is 22.3 Å². The molecule has 6 nitrogen and oxygen atoms in total. The fourth-order valence-electron chi connectivity index (χ4n) is 2.71. The minimum atomic E-state index is 0.658. The lowest BCUT2D eigenvalue weighted by Gasteiger charge is -2.11. The maximum atomic E-state index is 5.35. The van der Waals surface area contributed by atoms with E-state index >= 15 is 0 Å². The van der Waals surface area contributed by atoms with Gasteiger partial charge in [-0.15, -0.1) is 0 Å². The van der Waals surface area contributed by atoms with Crippen LogP contribution in [0.4, 0.5) is 0 Å². The van der Waals surface area contributed by atoms with E-state index in [-0.39, 0.29) is 0 Å². The molecule has 0 saturated heterocycles. The molecule has 0 aliphatic carbocycles. The van der Waals surface area contributed by atoms with Crippen LogP contribution in [0.5, 0.6) is 0 Å². The lowest BCUT2D eigenvalue weighted by Crippen LogP contribution is -2.19. The molecule has 3 heterocycles. The van der Waals surface area contributed by atoms with E-state index in [1.807, 2.05) is 30.8 Å². The normalized spacial score (nSPS) is 11.1. The number of hydrogen-bond donors (Lipinski definition) is 1. The second kappa shape index (κ2) is 7.40. The Labute approximate surface area is 141 Å². The lowest BCUT2D eigenvalue weighted by molar-refractivity contribution is 0.156. The van der Waals surface area contributed by atoms with E-state index in [4.69, 9.17) is 9.72 Å². The highest BCUT2D eigenvalue weighted by atomic mass is 16.5. The average molecular weight is 325 g/mol. The van der Waals surface area contributed by atoms with Crippen molar-refractivity contribution in [2.45, 2.75) is 27.2 Å². The van der Waals surface area contributed by atoms with Crippen molar-refractivity contribution in [1.29, 1.82) is 0 Å². The van der Waals surface area contributed by atoms with Crippen LogP contribution in [-0.4, -0.2) is 39.4 Å². The fourth-order valence-corrected chi connectivity index (χ4v) is 2.71. The summed E-state index contributed by atoms with van der Waals surface area (Å²) in [6.45, 7) is 8.20. The molecule has 0 amide bonds. The Balaban J connectivity index is 1.95. The predicted molar refractivity (Wildman–Crippen MR) is 95.6 cm³/mol. The van der Waals surface area contributed by atoms with Crippen molar-refractivity contribution in [3.05, 3.63) is 42.1 Å². The van der Waals surface area contributed by atoms with Crippen molar-refractivity contribution in [1.82, 2.24) is 19.6 Å². The summed E-state index contributed by atoms with van der Waals surface area (Å²) in [5, 5.41) is 0. The minimum Gasteiger partial charge on any atom is -0.380 e. The van der Waals surface area contributed by atoms with Crippen LogP contribution in [0.15, 0.2) is 30.7 Å². The highest BCUT2D eigenvalue weighted by Gasteiger charge is 2.12. The van der Waals surface area contributed by atoms with Crippen molar-refractivity contribution in [2.75, 3.05) is 25.2 Å². The number of fused-ring (bicyclic) bond motifs is 1. The first kappa shape index (κ1) is 16.4. The van der Waals surface area contributed by atoms with E-state index in [0.717, 1.165) is 46.7 Å². The van der Waals surface area contributed by atoms with E-state index in [2.05, 4.69) is 34.5 Å². The Bertz CT molecular complexity index is 827. The number of imidazole rings is 1. The second-order valence-electron chi connectivity index (χ2n) is 5.58. The predicted octanol–water partition coefficient (Wildman–Crippen LogP) is 2.94. The van der Waals surface area contributed by atoms with Gasteiger partial charge in [-0.2, -0.15) is 0 Å². The summed E-state index contributed by atoms with van der Waals surface area (Å²) in [5.74, 6) is 0. The Morgan fingerprint density at radius 2 is 2.08 bits per heavy atom. The monoisotopic (exact) mass is 325 g/mol. The van der Waals surface area contributed by atoms with Crippen LogP contribution in [0.1, 0.15) is 25.2 Å².